The van der Waals surface area contributed by atoms with Gasteiger partial charge >= 0.3 is 0 Å². The van der Waals surface area contributed by atoms with Crippen LogP contribution in [0.15, 0.2) is 47.4 Å². The highest BCUT2D eigenvalue weighted by atomic mass is 32.2. The maximum absolute atomic E-state index is 12.7. The quantitative estimate of drug-likeness (QED) is 0.908. The van der Waals surface area contributed by atoms with Gasteiger partial charge in [0.05, 0.1) is 17.1 Å². The molecule has 0 aliphatic carbocycles. The van der Waals surface area contributed by atoms with Crippen molar-refractivity contribution >= 4 is 21.4 Å². The van der Waals surface area contributed by atoms with E-state index in [1.54, 1.807) is 30.3 Å². The Morgan fingerprint density at radius 3 is 2.40 bits per heavy atom. The Morgan fingerprint density at radius 2 is 1.76 bits per heavy atom. The third-order valence-electron chi connectivity index (χ3n) is 4.34. The second kappa shape index (κ2) is 6.26. The van der Waals surface area contributed by atoms with Crippen LogP contribution in [0.4, 0.5) is 11.4 Å². The van der Waals surface area contributed by atoms with E-state index in [0.29, 0.717) is 18.0 Å². The van der Waals surface area contributed by atoms with Crippen LogP contribution in [0.25, 0.3) is 0 Å². The zero-order chi connectivity index (χ0) is 18.2. The second-order valence-electron chi connectivity index (χ2n) is 7.33. The SMILES string of the molecule is CN1CCOc2ccc(S(=O)(=O)Nc3ccc(C(C)(C)C)cc3)cc21. The summed E-state index contributed by atoms with van der Waals surface area (Å²) in [6.45, 7) is 7.71. The number of nitrogens with one attached hydrogen (secondary N) is 1. The lowest BCUT2D eigenvalue weighted by molar-refractivity contribution is 0.311. The minimum Gasteiger partial charge on any atom is -0.490 e. The van der Waals surface area contributed by atoms with E-state index in [9.17, 15) is 8.42 Å². The Kier molecular flexibility index (Phi) is 4.41. The van der Waals surface area contributed by atoms with Crippen molar-refractivity contribution < 1.29 is 13.2 Å². The molecular formula is C19H24N2O3S. The van der Waals surface area contributed by atoms with Crippen molar-refractivity contribution in [2.45, 2.75) is 31.1 Å². The number of fused-ring (bicyclic) bond motifs is 1. The van der Waals surface area contributed by atoms with Gasteiger partial charge < -0.3 is 9.64 Å². The minimum atomic E-state index is -3.65. The van der Waals surface area contributed by atoms with Crippen LogP contribution in [0.1, 0.15) is 26.3 Å². The number of likely N-dealkylation sites (N-methyl/N-ethyl adjacent to an activating group) is 1. The summed E-state index contributed by atoms with van der Waals surface area (Å²) in [5.41, 5.74) is 2.52. The summed E-state index contributed by atoms with van der Waals surface area (Å²) < 4.78 is 33.6. The van der Waals surface area contributed by atoms with Crippen LogP contribution in [-0.2, 0) is 15.4 Å². The molecule has 1 aliphatic rings. The van der Waals surface area contributed by atoms with Gasteiger partial charge in [0, 0.05) is 12.7 Å². The summed E-state index contributed by atoms with van der Waals surface area (Å²) in [6, 6.07) is 12.4. The maximum atomic E-state index is 12.7. The van der Waals surface area contributed by atoms with Crippen LogP contribution in [0.5, 0.6) is 5.75 Å². The summed E-state index contributed by atoms with van der Waals surface area (Å²) >= 11 is 0. The van der Waals surface area contributed by atoms with Gasteiger partial charge in [0.1, 0.15) is 12.4 Å². The Bertz CT molecular complexity index is 869. The summed E-state index contributed by atoms with van der Waals surface area (Å²) in [6.07, 6.45) is 0. The molecule has 0 bridgehead atoms. The maximum Gasteiger partial charge on any atom is 0.261 e. The van der Waals surface area contributed by atoms with Crippen LogP contribution in [-0.4, -0.2) is 28.6 Å². The number of hydrogen-bond acceptors (Lipinski definition) is 4. The Labute approximate surface area is 149 Å². The van der Waals surface area contributed by atoms with Gasteiger partial charge in [-0.25, -0.2) is 8.42 Å². The molecule has 1 aliphatic heterocycles. The summed E-state index contributed by atoms with van der Waals surface area (Å²) in [5, 5.41) is 0. The molecular weight excluding hydrogens is 336 g/mol. The number of rotatable bonds is 3. The van der Waals surface area contributed by atoms with E-state index in [1.165, 1.54) is 0 Å². The Balaban J connectivity index is 1.86. The average molecular weight is 360 g/mol. The number of sulfonamides is 1. The number of anilines is 2. The first-order chi connectivity index (χ1) is 11.7. The van der Waals surface area contributed by atoms with Gasteiger partial charge in [-0.15, -0.1) is 0 Å². The average Bonchev–Trinajstić information content (AvgIpc) is 2.54. The summed E-state index contributed by atoms with van der Waals surface area (Å²) in [5.74, 6) is 0.710. The molecule has 25 heavy (non-hydrogen) atoms. The molecule has 0 spiro atoms. The van der Waals surface area contributed by atoms with Crippen molar-refractivity contribution in [1.82, 2.24) is 0 Å². The van der Waals surface area contributed by atoms with Crippen LogP contribution < -0.4 is 14.4 Å². The Morgan fingerprint density at radius 1 is 1.08 bits per heavy atom. The fourth-order valence-electron chi connectivity index (χ4n) is 2.75. The summed E-state index contributed by atoms with van der Waals surface area (Å²) in [7, 11) is -1.72. The molecule has 2 aromatic carbocycles. The highest BCUT2D eigenvalue weighted by Gasteiger charge is 2.21. The lowest BCUT2D eigenvalue weighted by atomic mass is 9.87. The van der Waals surface area contributed by atoms with E-state index in [4.69, 9.17) is 4.74 Å². The topological polar surface area (TPSA) is 58.6 Å². The van der Waals surface area contributed by atoms with Gasteiger partial charge in [-0.1, -0.05) is 32.9 Å². The number of hydrogen-bond donors (Lipinski definition) is 1. The molecule has 0 saturated heterocycles. The highest BCUT2D eigenvalue weighted by molar-refractivity contribution is 7.92. The zero-order valence-electron chi connectivity index (χ0n) is 15.0. The predicted molar refractivity (Wildman–Crippen MR) is 101 cm³/mol. The van der Waals surface area contributed by atoms with E-state index >= 15 is 0 Å². The molecule has 0 fully saturated rings. The van der Waals surface area contributed by atoms with Crippen LogP contribution in [0.3, 0.4) is 0 Å². The molecule has 1 heterocycles. The lowest BCUT2D eigenvalue weighted by Gasteiger charge is -2.28. The van der Waals surface area contributed by atoms with Gasteiger partial charge in [0.15, 0.2) is 0 Å². The van der Waals surface area contributed by atoms with Crippen LogP contribution in [0.2, 0.25) is 0 Å². The predicted octanol–water partition coefficient (Wildman–Crippen LogP) is 3.61. The van der Waals surface area contributed by atoms with Crippen LogP contribution >= 0.6 is 0 Å². The molecule has 134 valence electrons. The molecule has 3 rings (SSSR count). The van der Waals surface area contributed by atoms with Crippen molar-refractivity contribution in [2.75, 3.05) is 29.8 Å². The van der Waals surface area contributed by atoms with E-state index in [1.807, 2.05) is 24.1 Å². The monoisotopic (exact) mass is 360 g/mol. The van der Waals surface area contributed by atoms with Crippen molar-refractivity contribution in [1.29, 1.82) is 0 Å². The first-order valence-corrected chi connectivity index (χ1v) is 9.76. The van der Waals surface area contributed by atoms with Crippen molar-refractivity contribution in [3.8, 4) is 5.75 Å². The van der Waals surface area contributed by atoms with E-state index in [0.717, 1.165) is 17.8 Å². The minimum absolute atomic E-state index is 0.0283. The molecule has 0 amide bonds. The molecule has 0 radical (unpaired) electrons. The number of ether oxygens (including phenoxy) is 1. The first kappa shape index (κ1) is 17.6. The third kappa shape index (κ3) is 3.74. The molecule has 0 unspecified atom stereocenters. The number of benzene rings is 2. The second-order valence-corrected chi connectivity index (χ2v) is 9.01. The largest absolute Gasteiger partial charge is 0.490 e. The third-order valence-corrected chi connectivity index (χ3v) is 5.72. The van der Waals surface area contributed by atoms with E-state index in [2.05, 4.69) is 25.5 Å². The van der Waals surface area contributed by atoms with Gasteiger partial charge in [-0.05, 0) is 41.3 Å². The van der Waals surface area contributed by atoms with E-state index in [-0.39, 0.29) is 10.3 Å². The van der Waals surface area contributed by atoms with Crippen molar-refractivity contribution in [2.24, 2.45) is 0 Å². The van der Waals surface area contributed by atoms with Gasteiger partial charge in [0.2, 0.25) is 0 Å². The number of nitrogens with zero attached hydrogens (tertiary/aromatic N) is 1. The standard InChI is InChI=1S/C19H24N2O3S/c1-19(2,3)14-5-7-15(8-6-14)20-25(22,23)16-9-10-18-17(13-16)21(4)11-12-24-18/h5-10,13,20H,11-12H2,1-4H3. The fourth-order valence-corrected chi connectivity index (χ4v) is 3.83. The lowest BCUT2D eigenvalue weighted by Crippen LogP contribution is -2.29. The molecule has 0 atom stereocenters. The summed E-state index contributed by atoms with van der Waals surface area (Å²) in [4.78, 5) is 2.22. The zero-order valence-corrected chi connectivity index (χ0v) is 15.9. The normalized spacial score (nSPS) is 14.6. The molecule has 6 heteroatoms. The molecule has 1 N–H and O–H groups in total. The van der Waals surface area contributed by atoms with Crippen molar-refractivity contribution in [3.63, 3.8) is 0 Å². The first-order valence-electron chi connectivity index (χ1n) is 8.28. The molecule has 5 nitrogen and oxygen atoms in total. The van der Waals surface area contributed by atoms with Gasteiger partial charge in [-0.2, -0.15) is 0 Å². The molecule has 0 saturated carbocycles. The van der Waals surface area contributed by atoms with E-state index < -0.39 is 10.0 Å². The van der Waals surface area contributed by atoms with Crippen LogP contribution in [0, 0.1) is 0 Å². The van der Waals surface area contributed by atoms with Gasteiger partial charge in [0.25, 0.3) is 10.0 Å². The van der Waals surface area contributed by atoms with Crippen molar-refractivity contribution in [3.05, 3.63) is 48.0 Å². The highest BCUT2D eigenvalue weighted by Crippen LogP contribution is 2.33. The smallest absolute Gasteiger partial charge is 0.261 e. The van der Waals surface area contributed by atoms with Gasteiger partial charge in [-0.3, -0.25) is 4.72 Å². The molecule has 0 aromatic heterocycles. The fraction of sp³-hybridized carbons (Fsp3) is 0.368. The Hall–Kier alpha value is -2.21. The molecule has 2 aromatic rings.